The first-order valence-electron chi connectivity index (χ1n) is 10.9. The molecule has 1 heterocycles. The van der Waals surface area contributed by atoms with E-state index < -0.39 is 10.0 Å². The lowest BCUT2D eigenvalue weighted by Gasteiger charge is -2.24. The molecule has 0 saturated carbocycles. The molecule has 0 aliphatic heterocycles. The van der Waals surface area contributed by atoms with Crippen LogP contribution in [0.5, 0.6) is 0 Å². The maximum atomic E-state index is 13.7. The van der Waals surface area contributed by atoms with E-state index in [0.717, 1.165) is 24.2 Å². The van der Waals surface area contributed by atoms with Gasteiger partial charge in [0.15, 0.2) is 0 Å². The topological polar surface area (TPSA) is 55.2 Å². The van der Waals surface area contributed by atoms with Crippen LogP contribution in [0.15, 0.2) is 65.7 Å². The molecule has 0 fully saturated rings. The molecule has 0 aliphatic rings. The molecule has 2 aromatic carbocycles. The van der Waals surface area contributed by atoms with Crippen LogP contribution in [0.1, 0.15) is 57.4 Å². The SMILES string of the molecule is CCn1ccc(CN(c2ccc(C(C)C)cc2)S(=O)(=O)c2ccc(CC(C)C)cc2)n1. The molecule has 0 amide bonds. The molecule has 0 spiro atoms. The molecule has 3 rings (SSSR count). The third kappa shape index (κ3) is 5.56. The first-order chi connectivity index (χ1) is 14.7. The summed E-state index contributed by atoms with van der Waals surface area (Å²) in [4.78, 5) is 0.294. The Balaban J connectivity index is 1.99. The van der Waals surface area contributed by atoms with Gasteiger partial charge in [0.2, 0.25) is 0 Å². The molecule has 0 unspecified atom stereocenters. The number of aromatic nitrogens is 2. The van der Waals surface area contributed by atoms with E-state index in [4.69, 9.17) is 0 Å². The zero-order chi connectivity index (χ0) is 22.6. The van der Waals surface area contributed by atoms with E-state index in [1.165, 1.54) is 9.87 Å². The zero-order valence-corrected chi connectivity index (χ0v) is 19.9. The third-order valence-corrected chi connectivity index (χ3v) is 7.12. The first-order valence-corrected chi connectivity index (χ1v) is 12.4. The van der Waals surface area contributed by atoms with Crippen LogP contribution in [-0.4, -0.2) is 18.2 Å². The van der Waals surface area contributed by atoms with Crippen molar-refractivity contribution in [1.82, 2.24) is 9.78 Å². The summed E-state index contributed by atoms with van der Waals surface area (Å²) in [5.41, 5.74) is 3.68. The minimum atomic E-state index is -3.74. The van der Waals surface area contributed by atoms with Gasteiger partial charge < -0.3 is 0 Å². The van der Waals surface area contributed by atoms with Gasteiger partial charge in [-0.05, 0) is 66.6 Å². The fourth-order valence-corrected chi connectivity index (χ4v) is 4.98. The molecule has 1 aromatic heterocycles. The quantitative estimate of drug-likeness (QED) is 0.435. The molecule has 0 aliphatic carbocycles. The van der Waals surface area contributed by atoms with E-state index in [9.17, 15) is 8.42 Å². The summed E-state index contributed by atoms with van der Waals surface area (Å²) in [6, 6.07) is 16.9. The Bertz CT molecular complexity index is 1080. The van der Waals surface area contributed by atoms with Crippen molar-refractivity contribution in [2.75, 3.05) is 4.31 Å². The van der Waals surface area contributed by atoms with Gasteiger partial charge in [-0.15, -0.1) is 0 Å². The molecule has 0 radical (unpaired) electrons. The fourth-order valence-electron chi connectivity index (χ4n) is 3.55. The molecular formula is C25H33N3O2S. The second-order valence-corrected chi connectivity index (χ2v) is 10.5. The number of hydrogen-bond donors (Lipinski definition) is 0. The van der Waals surface area contributed by atoms with Gasteiger partial charge in [0.05, 0.1) is 22.8 Å². The van der Waals surface area contributed by atoms with Crippen molar-refractivity contribution in [3.05, 3.63) is 77.6 Å². The minimum absolute atomic E-state index is 0.185. The average molecular weight is 440 g/mol. The number of anilines is 1. The van der Waals surface area contributed by atoms with Gasteiger partial charge in [0.1, 0.15) is 0 Å². The van der Waals surface area contributed by atoms with Gasteiger partial charge in [-0.2, -0.15) is 5.10 Å². The number of aryl methyl sites for hydroxylation is 1. The Hall–Kier alpha value is -2.60. The number of hydrogen-bond acceptors (Lipinski definition) is 3. The van der Waals surface area contributed by atoms with Crippen LogP contribution in [0, 0.1) is 5.92 Å². The molecular weight excluding hydrogens is 406 g/mol. The van der Waals surface area contributed by atoms with Crippen molar-refractivity contribution < 1.29 is 8.42 Å². The molecule has 0 saturated heterocycles. The summed E-state index contributed by atoms with van der Waals surface area (Å²) in [6.07, 6.45) is 2.80. The summed E-state index contributed by atoms with van der Waals surface area (Å²) in [6.45, 7) is 11.5. The Morgan fingerprint density at radius 2 is 1.58 bits per heavy atom. The predicted octanol–water partition coefficient (Wildman–Crippen LogP) is 5.62. The Morgan fingerprint density at radius 1 is 0.935 bits per heavy atom. The van der Waals surface area contributed by atoms with E-state index in [-0.39, 0.29) is 6.54 Å². The summed E-state index contributed by atoms with van der Waals surface area (Å²) in [7, 11) is -3.74. The second kappa shape index (κ2) is 9.69. The van der Waals surface area contributed by atoms with Gasteiger partial charge in [-0.3, -0.25) is 8.99 Å². The van der Waals surface area contributed by atoms with E-state index in [0.29, 0.717) is 22.4 Å². The van der Waals surface area contributed by atoms with Crippen LogP contribution in [0.4, 0.5) is 5.69 Å². The molecule has 6 heteroatoms. The molecule has 0 bridgehead atoms. The number of sulfonamides is 1. The summed E-state index contributed by atoms with van der Waals surface area (Å²) in [5.74, 6) is 0.903. The fraction of sp³-hybridized carbons (Fsp3) is 0.400. The van der Waals surface area contributed by atoms with Crippen molar-refractivity contribution in [3.8, 4) is 0 Å². The predicted molar refractivity (Wildman–Crippen MR) is 127 cm³/mol. The standard InChI is InChI=1S/C25H33N3O2S/c1-6-27-16-15-23(26-27)18-28(24-11-9-22(10-12-24)20(4)5)31(29,30)25-13-7-21(8-14-25)17-19(2)3/h7-16,19-20H,6,17-18H2,1-5H3. The monoisotopic (exact) mass is 439 g/mol. The normalized spacial score (nSPS) is 12.0. The lowest BCUT2D eigenvalue weighted by atomic mass is 10.0. The lowest BCUT2D eigenvalue weighted by molar-refractivity contribution is 0.588. The largest absolute Gasteiger partial charge is 0.273 e. The molecule has 3 aromatic rings. The smallest absolute Gasteiger partial charge is 0.264 e. The molecule has 0 N–H and O–H groups in total. The van der Waals surface area contributed by atoms with Crippen molar-refractivity contribution >= 4 is 15.7 Å². The van der Waals surface area contributed by atoms with E-state index >= 15 is 0 Å². The van der Waals surface area contributed by atoms with Crippen molar-refractivity contribution in [2.45, 2.75) is 64.9 Å². The van der Waals surface area contributed by atoms with Crippen molar-refractivity contribution in [2.24, 2.45) is 5.92 Å². The first kappa shape index (κ1) is 23.1. The average Bonchev–Trinajstić information content (AvgIpc) is 3.20. The van der Waals surface area contributed by atoms with Crippen molar-refractivity contribution in [1.29, 1.82) is 0 Å². The van der Waals surface area contributed by atoms with Gasteiger partial charge in [-0.1, -0.05) is 52.0 Å². The number of benzene rings is 2. The zero-order valence-electron chi connectivity index (χ0n) is 19.1. The van der Waals surface area contributed by atoms with E-state index in [1.807, 2.05) is 60.3 Å². The Labute approximate surface area is 186 Å². The highest BCUT2D eigenvalue weighted by atomic mass is 32.2. The van der Waals surface area contributed by atoms with Crippen LogP contribution >= 0.6 is 0 Å². The third-order valence-electron chi connectivity index (χ3n) is 5.33. The lowest BCUT2D eigenvalue weighted by Crippen LogP contribution is -2.31. The van der Waals surface area contributed by atoms with Crippen LogP contribution in [0.25, 0.3) is 0 Å². The van der Waals surface area contributed by atoms with Gasteiger partial charge >= 0.3 is 0 Å². The molecule has 31 heavy (non-hydrogen) atoms. The molecule has 0 atom stereocenters. The Kier molecular flexibility index (Phi) is 7.21. The summed E-state index contributed by atoms with van der Waals surface area (Å²) >= 11 is 0. The summed E-state index contributed by atoms with van der Waals surface area (Å²) in [5, 5.41) is 4.50. The number of rotatable bonds is 9. The summed E-state index contributed by atoms with van der Waals surface area (Å²) < 4.78 is 30.6. The maximum Gasteiger partial charge on any atom is 0.264 e. The van der Waals surface area contributed by atoms with Crippen LogP contribution < -0.4 is 4.31 Å². The van der Waals surface area contributed by atoms with Gasteiger partial charge in [0, 0.05) is 12.7 Å². The highest BCUT2D eigenvalue weighted by molar-refractivity contribution is 7.92. The van der Waals surface area contributed by atoms with Gasteiger partial charge in [0.25, 0.3) is 10.0 Å². The highest BCUT2D eigenvalue weighted by Gasteiger charge is 2.26. The second-order valence-electron chi connectivity index (χ2n) is 8.66. The van der Waals surface area contributed by atoms with Gasteiger partial charge in [-0.25, -0.2) is 8.42 Å². The minimum Gasteiger partial charge on any atom is -0.273 e. The molecule has 166 valence electrons. The van der Waals surface area contributed by atoms with Crippen LogP contribution in [0.3, 0.4) is 0 Å². The van der Waals surface area contributed by atoms with E-state index in [2.05, 4.69) is 32.8 Å². The van der Waals surface area contributed by atoms with Crippen molar-refractivity contribution in [3.63, 3.8) is 0 Å². The maximum absolute atomic E-state index is 13.7. The number of nitrogens with zero attached hydrogens (tertiary/aromatic N) is 3. The van der Waals surface area contributed by atoms with Crippen LogP contribution in [-0.2, 0) is 29.5 Å². The molecule has 5 nitrogen and oxygen atoms in total. The van der Waals surface area contributed by atoms with Crippen LogP contribution in [0.2, 0.25) is 0 Å². The van der Waals surface area contributed by atoms with E-state index in [1.54, 1.807) is 12.1 Å². The highest BCUT2D eigenvalue weighted by Crippen LogP contribution is 2.28. The Morgan fingerprint density at radius 3 is 2.10 bits per heavy atom.